The third kappa shape index (κ3) is 1.83. The van der Waals surface area contributed by atoms with Gasteiger partial charge in [-0.25, -0.2) is 0 Å². The van der Waals surface area contributed by atoms with Gasteiger partial charge in [-0.15, -0.1) is 0 Å². The van der Waals surface area contributed by atoms with Crippen molar-refractivity contribution in [3.63, 3.8) is 0 Å². The molecule has 0 atom stereocenters. The quantitative estimate of drug-likeness (QED) is 0.672. The fraction of sp³-hybridized carbons (Fsp3) is 0.500. The largest absolute Gasteiger partial charge is 0.298 e. The summed E-state index contributed by atoms with van der Waals surface area (Å²) in [4.78, 5) is 6.66. The minimum absolute atomic E-state index is 0.826. The third-order valence-electron chi connectivity index (χ3n) is 2.31. The second-order valence-corrected chi connectivity index (χ2v) is 3.47. The fourth-order valence-electron chi connectivity index (χ4n) is 1.39. The van der Waals surface area contributed by atoms with Crippen LogP contribution >= 0.6 is 0 Å². The van der Waals surface area contributed by atoms with Crippen LogP contribution in [0.15, 0.2) is 24.4 Å². The normalized spacial score (nSPS) is 16.8. The number of pyridine rings is 1. The van der Waals surface area contributed by atoms with E-state index in [9.17, 15) is 0 Å². The number of aromatic nitrogens is 1. The van der Waals surface area contributed by atoms with Crippen molar-refractivity contribution < 1.29 is 0 Å². The molecule has 0 amide bonds. The summed E-state index contributed by atoms with van der Waals surface area (Å²) in [5, 5.41) is 0. The zero-order chi connectivity index (χ0) is 8.39. The Morgan fingerprint density at radius 1 is 1.50 bits per heavy atom. The van der Waals surface area contributed by atoms with Crippen molar-refractivity contribution >= 4 is 0 Å². The van der Waals surface area contributed by atoms with Gasteiger partial charge in [0.2, 0.25) is 0 Å². The lowest BCUT2D eigenvalue weighted by Crippen LogP contribution is -2.20. The average molecular weight is 162 g/mol. The Morgan fingerprint density at radius 2 is 2.33 bits per heavy atom. The lowest BCUT2D eigenvalue weighted by Gasteiger charge is -2.14. The van der Waals surface area contributed by atoms with Gasteiger partial charge in [0.15, 0.2) is 0 Å². The van der Waals surface area contributed by atoms with Crippen molar-refractivity contribution in [1.29, 1.82) is 0 Å². The fourth-order valence-corrected chi connectivity index (χ4v) is 1.39. The standard InChI is InChI=1S/C10H14N2/c1-12(10-5-6-10)8-9-4-2-3-7-11-9/h2-4,7,10H,5-6,8H2,1H3. The van der Waals surface area contributed by atoms with E-state index in [4.69, 9.17) is 0 Å². The van der Waals surface area contributed by atoms with E-state index in [2.05, 4.69) is 23.0 Å². The molecule has 1 fully saturated rings. The van der Waals surface area contributed by atoms with E-state index >= 15 is 0 Å². The monoisotopic (exact) mass is 162 g/mol. The molecule has 0 bridgehead atoms. The maximum absolute atomic E-state index is 4.29. The van der Waals surface area contributed by atoms with Gasteiger partial charge in [-0.1, -0.05) is 6.07 Å². The molecule has 2 nitrogen and oxygen atoms in total. The summed E-state index contributed by atoms with van der Waals surface area (Å²) < 4.78 is 0. The summed E-state index contributed by atoms with van der Waals surface area (Å²) in [6.07, 6.45) is 4.59. The molecule has 1 aromatic heterocycles. The molecule has 0 N–H and O–H groups in total. The number of hydrogen-bond donors (Lipinski definition) is 0. The molecular formula is C10H14N2. The van der Waals surface area contributed by atoms with E-state index in [1.807, 2.05) is 18.3 Å². The van der Waals surface area contributed by atoms with Crippen molar-refractivity contribution in [2.75, 3.05) is 7.05 Å². The Labute approximate surface area is 73.2 Å². The molecule has 0 spiro atoms. The Bertz CT molecular complexity index is 241. The highest BCUT2D eigenvalue weighted by atomic mass is 15.2. The van der Waals surface area contributed by atoms with Gasteiger partial charge in [0, 0.05) is 18.8 Å². The summed E-state index contributed by atoms with van der Waals surface area (Å²) in [6.45, 7) is 0.992. The highest BCUT2D eigenvalue weighted by Crippen LogP contribution is 2.26. The average Bonchev–Trinajstić information content (AvgIpc) is 2.88. The van der Waals surface area contributed by atoms with E-state index < -0.39 is 0 Å². The zero-order valence-electron chi connectivity index (χ0n) is 7.40. The SMILES string of the molecule is CN(Cc1ccccn1)C1CC1. The van der Waals surface area contributed by atoms with Crippen molar-refractivity contribution in [3.8, 4) is 0 Å². The molecule has 1 aliphatic rings. The number of rotatable bonds is 3. The van der Waals surface area contributed by atoms with Crippen LogP contribution in [-0.4, -0.2) is 23.0 Å². The Hall–Kier alpha value is -0.890. The van der Waals surface area contributed by atoms with E-state index in [1.165, 1.54) is 18.5 Å². The molecule has 0 radical (unpaired) electrons. The maximum atomic E-state index is 4.29. The van der Waals surface area contributed by atoms with Crippen LogP contribution in [-0.2, 0) is 6.54 Å². The van der Waals surface area contributed by atoms with Crippen LogP contribution in [0.1, 0.15) is 18.5 Å². The van der Waals surface area contributed by atoms with Crippen LogP contribution in [0, 0.1) is 0 Å². The maximum Gasteiger partial charge on any atom is 0.0543 e. The van der Waals surface area contributed by atoms with Gasteiger partial charge in [-0.05, 0) is 32.0 Å². The Morgan fingerprint density at radius 3 is 2.92 bits per heavy atom. The van der Waals surface area contributed by atoms with Crippen molar-refractivity contribution in [1.82, 2.24) is 9.88 Å². The van der Waals surface area contributed by atoms with Crippen molar-refractivity contribution in [2.45, 2.75) is 25.4 Å². The molecule has 2 heteroatoms. The molecule has 2 rings (SSSR count). The molecule has 64 valence electrons. The van der Waals surface area contributed by atoms with E-state index in [0.717, 1.165) is 12.6 Å². The molecule has 12 heavy (non-hydrogen) atoms. The van der Waals surface area contributed by atoms with Crippen LogP contribution in [0.4, 0.5) is 0 Å². The lowest BCUT2D eigenvalue weighted by molar-refractivity contribution is 0.312. The van der Waals surface area contributed by atoms with Gasteiger partial charge in [0.1, 0.15) is 0 Å². The first kappa shape index (κ1) is 7.74. The van der Waals surface area contributed by atoms with E-state index in [0.29, 0.717) is 0 Å². The molecule has 0 aliphatic heterocycles. The van der Waals surface area contributed by atoms with E-state index in [1.54, 1.807) is 0 Å². The predicted octanol–water partition coefficient (Wildman–Crippen LogP) is 1.68. The summed E-state index contributed by atoms with van der Waals surface area (Å²) in [5.74, 6) is 0. The topological polar surface area (TPSA) is 16.1 Å². The molecule has 1 heterocycles. The van der Waals surface area contributed by atoms with Crippen LogP contribution in [0.5, 0.6) is 0 Å². The first-order valence-corrected chi connectivity index (χ1v) is 4.46. The molecule has 1 saturated carbocycles. The predicted molar refractivity (Wildman–Crippen MR) is 48.7 cm³/mol. The molecular weight excluding hydrogens is 148 g/mol. The summed E-state index contributed by atoms with van der Waals surface area (Å²) >= 11 is 0. The van der Waals surface area contributed by atoms with Crippen molar-refractivity contribution in [2.24, 2.45) is 0 Å². The minimum atomic E-state index is 0.826. The molecule has 0 aromatic carbocycles. The second-order valence-electron chi connectivity index (χ2n) is 3.47. The highest BCUT2D eigenvalue weighted by Gasteiger charge is 2.25. The van der Waals surface area contributed by atoms with Gasteiger partial charge < -0.3 is 0 Å². The van der Waals surface area contributed by atoms with E-state index in [-0.39, 0.29) is 0 Å². The molecule has 0 saturated heterocycles. The Kier molecular flexibility index (Phi) is 2.09. The third-order valence-corrected chi connectivity index (χ3v) is 2.31. The Balaban J connectivity index is 1.94. The first-order chi connectivity index (χ1) is 5.86. The van der Waals surface area contributed by atoms with Gasteiger partial charge in [0.25, 0.3) is 0 Å². The summed E-state index contributed by atoms with van der Waals surface area (Å²) in [7, 11) is 2.17. The molecule has 1 aromatic rings. The smallest absolute Gasteiger partial charge is 0.0543 e. The molecule has 1 aliphatic carbocycles. The second kappa shape index (κ2) is 3.23. The van der Waals surface area contributed by atoms with Crippen LogP contribution < -0.4 is 0 Å². The van der Waals surface area contributed by atoms with Gasteiger partial charge in [-0.3, -0.25) is 9.88 Å². The van der Waals surface area contributed by atoms with Crippen LogP contribution in [0.2, 0.25) is 0 Å². The summed E-state index contributed by atoms with van der Waals surface area (Å²) in [5.41, 5.74) is 1.17. The highest BCUT2D eigenvalue weighted by molar-refractivity contribution is 5.03. The molecule has 0 unspecified atom stereocenters. The zero-order valence-corrected chi connectivity index (χ0v) is 7.40. The summed E-state index contributed by atoms with van der Waals surface area (Å²) in [6, 6.07) is 6.91. The van der Waals surface area contributed by atoms with Crippen LogP contribution in [0.3, 0.4) is 0 Å². The van der Waals surface area contributed by atoms with Gasteiger partial charge in [0.05, 0.1) is 5.69 Å². The van der Waals surface area contributed by atoms with Crippen molar-refractivity contribution in [3.05, 3.63) is 30.1 Å². The van der Waals surface area contributed by atoms with Gasteiger partial charge in [-0.2, -0.15) is 0 Å². The number of hydrogen-bond acceptors (Lipinski definition) is 2. The minimum Gasteiger partial charge on any atom is -0.298 e. The number of nitrogens with zero attached hydrogens (tertiary/aromatic N) is 2. The first-order valence-electron chi connectivity index (χ1n) is 4.46. The van der Waals surface area contributed by atoms with Crippen LogP contribution in [0.25, 0.3) is 0 Å². The lowest BCUT2D eigenvalue weighted by atomic mass is 10.3. The van der Waals surface area contributed by atoms with Gasteiger partial charge >= 0.3 is 0 Å².